The van der Waals surface area contributed by atoms with Gasteiger partial charge in [-0.25, -0.2) is 0 Å². The summed E-state index contributed by atoms with van der Waals surface area (Å²) in [6, 6.07) is 0. The van der Waals surface area contributed by atoms with Gasteiger partial charge in [-0.2, -0.15) is 0 Å². The van der Waals surface area contributed by atoms with Crippen LogP contribution in [-0.4, -0.2) is 12.3 Å². The number of terminal acetylenes is 1. The standard InChI is InChI=1S/C9H13NO/c1-2-3-4-9(11)8-5-7(8)6-10/h1,7-8H,3-6,10H2/t7-,8-/m0/s1. The molecule has 1 fully saturated rings. The molecule has 0 bridgehead atoms. The highest BCUT2D eigenvalue weighted by Crippen LogP contribution is 2.38. The summed E-state index contributed by atoms with van der Waals surface area (Å²) in [5.41, 5.74) is 5.40. The van der Waals surface area contributed by atoms with Gasteiger partial charge in [-0.1, -0.05) is 0 Å². The first-order valence-electron chi connectivity index (χ1n) is 3.95. The summed E-state index contributed by atoms with van der Waals surface area (Å²) in [6.07, 6.45) is 7.14. The predicted octanol–water partition coefficient (Wildman–Crippen LogP) is 0.564. The molecule has 0 aromatic heterocycles. The lowest BCUT2D eigenvalue weighted by molar-refractivity contribution is -0.120. The molecule has 1 aliphatic carbocycles. The number of rotatable bonds is 4. The van der Waals surface area contributed by atoms with Gasteiger partial charge < -0.3 is 5.73 Å². The summed E-state index contributed by atoms with van der Waals surface area (Å²) >= 11 is 0. The van der Waals surface area contributed by atoms with Crippen LogP contribution in [0.2, 0.25) is 0 Å². The summed E-state index contributed by atoms with van der Waals surface area (Å²) in [5, 5.41) is 0. The van der Waals surface area contributed by atoms with Crippen LogP contribution in [0.25, 0.3) is 0 Å². The van der Waals surface area contributed by atoms with Crippen molar-refractivity contribution in [3.05, 3.63) is 0 Å². The number of hydrogen-bond donors (Lipinski definition) is 1. The Hall–Kier alpha value is -0.810. The van der Waals surface area contributed by atoms with Crippen molar-refractivity contribution in [1.29, 1.82) is 0 Å². The topological polar surface area (TPSA) is 43.1 Å². The van der Waals surface area contributed by atoms with Gasteiger partial charge >= 0.3 is 0 Å². The van der Waals surface area contributed by atoms with Crippen molar-refractivity contribution >= 4 is 5.78 Å². The van der Waals surface area contributed by atoms with E-state index in [-0.39, 0.29) is 5.92 Å². The normalized spacial score (nSPS) is 27.6. The summed E-state index contributed by atoms with van der Waals surface area (Å²) in [4.78, 5) is 11.2. The molecule has 2 heteroatoms. The fourth-order valence-corrected chi connectivity index (χ4v) is 1.28. The molecule has 2 atom stereocenters. The molecule has 11 heavy (non-hydrogen) atoms. The second kappa shape index (κ2) is 3.54. The predicted molar refractivity (Wildman–Crippen MR) is 43.7 cm³/mol. The van der Waals surface area contributed by atoms with Crippen molar-refractivity contribution in [2.75, 3.05) is 6.54 Å². The van der Waals surface area contributed by atoms with Gasteiger partial charge in [-0.05, 0) is 18.9 Å². The fourth-order valence-electron chi connectivity index (χ4n) is 1.28. The van der Waals surface area contributed by atoms with E-state index in [1.54, 1.807) is 0 Å². The van der Waals surface area contributed by atoms with E-state index in [0.717, 1.165) is 6.42 Å². The van der Waals surface area contributed by atoms with Gasteiger partial charge in [0.15, 0.2) is 0 Å². The van der Waals surface area contributed by atoms with Crippen LogP contribution in [-0.2, 0) is 4.79 Å². The third-order valence-corrected chi connectivity index (χ3v) is 2.15. The number of Topliss-reactive ketones (excluding diaryl/α,β-unsaturated/α-hetero) is 1. The van der Waals surface area contributed by atoms with Crippen molar-refractivity contribution < 1.29 is 4.79 Å². The maximum Gasteiger partial charge on any atom is 0.137 e. The zero-order valence-corrected chi connectivity index (χ0v) is 6.55. The molecule has 0 aromatic rings. The lowest BCUT2D eigenvalue weighted by atomic mass is 10.1. The van der Waals surface area contributed by atoms with Crippen LogP contribution in [0.15, 0.2) is 0 Å². The van der Waals surface area contributed by atoms with Crippen LogP contribution in [0.3, 0.4) is 0 Å². The molecule has 0 unspecified atom stereocenters. The average Bonchev–Trinajstić information content (AvgIpc) is 2.78. The van der Waals surface area contributed by atoms with Gasteiger partial charge in [-0.15, -0.1) is 12.3 Å². The Labute approximate surface area is 67.2 Å². The summed E-state index contributed by atoms with van der Waals surface area (Å²) in [6.45, 7) is 0.645. The third-order valence-electron chi connectivity index (χ3n) is 2.15. The van der Waals surface area contributed by atoms with Crippen LogP contribution >= 0.6 is 0 Å². The van der Waals surface area contributed by atoms with Crippen LogP contribution in [0, 0.1) is 24.2 Å². The maximum absolute atomic E-state index is 11.2. The molecular formula is C9H13NO. The van der Waals surface area contributed by atoms with E-state index in [2.05, 4.69) is 5.92 Å². The van der Waals surface area contributed by atoms with Gasteiger partial charge in [0.25, 0.3) is 0 Å². The van der Waals surface area contributed by atoms with E-state index < -0.39 is 0 Å². The number of carbonyl (C=O) groups excluding carboxylic acids is 1. The molecule has 0 aliphatic heterocycles. The minimum Gasteiger partial charge on any atom is -0.330 e. The molecule has 0 amide bonds. The quantitative estimate of drug-likeness (QED) is 0.597. The first-order valence-corrected chi connectivity index (χ1v) is 3.95. The van der Waals surface area contributed by atoms with Crippen LogP contribution in [0.5, 0.6) is 0 Å². The smallest absolute Gasteiger partial charge is 0.137 e. The van der Waals surface area contributed by atoms with Crippen molar-refractivity contribution in [2.45, 2.75) is 19.3 Å². The average molecular weight is 151 g/mol. The van der Waals surface area contributed by atoms with Gasteiger partial charge in [0.1, 0.15) is 5.78 Å². The molecule has 0 saturated heterocycles. The van der Waals surface area contributed by atoms with Crippen molar-refractivity contribution in [3.8, 4) is 12.3 Å². The lowest BCUT2D eigenvalue weighted by Gasteiger charge is -1.93. The zero-order chi connectivity index (χ0) is 8.27. The Morgan fingerprint density at radius 3 is 2.91 bits per heavy atom. The molecule has 0 spiro atoms. The maximum atomic E-state index is 11.2. The molecule has 1 aliphatic rings. The summed E-state index contributed by atoms with van der Waals surface area (Å²) in [7, 11) is 0. The van der Waals surface area contributed by atoms with Crippen LogP contribution in [0.1, 0.15) is 19.3 Å². The fraction of sp³-hybridized carbons (Fsp3) is 0.667. The Bertz CT molecular complexity index is 192. The highest BCUT2D eigenvalue weighted by molar-refractivity contribution is 5.83. The third kappa shape index (κ3) is 2.06. The summed E-state index contributed by atoms with van der Waals surface area (Å²) in [5.74, 6) is 3.47. The van der Waals surface area contributed by atoms with E-state index in [0.29, 0.717) is 31.1 Å². The lowest BCUT2D eigenvalue weighted by Crippen LogP contribution is -2.08. The van der Waals surface area contributed by atoms with Crippen molar-refractivity contribution in [2.24, 2.45) is 17.6 Å². The van der Waals surface area contributed by atoms with Crippen LogP contribution in [0.4, 0.5) is 0 Å². The van der Waals surface area contributed by atoms with Crippen molar-refractivity contribution in [3.63, 3.8) is 0 Å². The SMILES string of the molecule is C#CCCC(=O)[C@H]1C[C@H]1CN. The minimum absolute atomic E-state index is 0.244. The van der Waals surface area contributed by atoms with E-state index >= 15 is 0 Å². The Morgan fingerprint density at radius 1 is 1.73 bits per heavy atom. The monoisotopic (exact) mass is 151 g/mol. The molecule has 2 N–H and O–H groups in total. The first-order chi connectivity index (χ1) is 5.29. The highest BCUT2D eigenvalue weighted by atomic mass is 16.1. The number of carbonyl (C=O) groups is 1. The largest absolute Gasteiger partial charge is 0.330 e. The minimum atomic E-state index is 0.244. The molecule has 2 nitrogen and oxygen atoms in total. The molecule has 60 valence electrons. The van der Waals surface area contributed by atoms with E-state index in [9.17, 15) is 4.79 Å². The van der Waals surface area contributed by atoms with Crippen LogP contribution < -0.4 is 5.73 Å². The van der Waals surface area contributed by atoms with Gasteiger partial charge in [-0.3, -0.25) is 4.79 Å². The zero-order valence-electron chi connectivity index (χ0n) is 6.55. The number of hydrogen-bond acceptors (Lipinski definition) is 2. The van der Waals surface area contributed by atoms with Crippen molar-refractivity contribution in [1.82, 2.24) is 0 Å². The Morgan fingerprint density at radius 2 is 2.45 bits per heavy atom. The van der Waals surface area contributed by atoms with E-state index in [1.807, 2.05) is 0 Å². The highest BCUT2D eigenvalue weighted by Gasteiger charge is 2.40. The van der Waals surface area contributed by atoms with Gasteiger partial charge in [0.2, 0.25) is 0 Å². The second-order valence-electron chi connectivity index (χ2n) is 3.01. The number of ketones is 1. The Balaban J connectivity index is 2.18. The summed E-state index contributed by atoms with van der Waals surface area (Å²) < 4.78 is 0. The molecule has 1 rings (SSSR count). The molecule has 0 heterocycles. The Kier molecular flexibility index (Phi) is 2.67. The molecular weight excluding hydrogens is 138 g/mol. The second-order valence-corrected chi connectivity index (χ2v) is 3.01. The van der Waals surface area contributed by atoms with E-state index in [4.69, 9.17) is 12.2 Å². The number of nitrogens with two attached hydrogens (primary N) is 1. The molecule has 0 aromatic carbocycles. The molecule has 1 saturated carbocycles. The van der Waals surface area contributed by atoms with Gasteiger partial charge in [0, 0.05) is 18.8 Å². The van der Waals surface area contributed by atoms with Gasteiger partial charge in [0.05, 0.1) is 0 Å². The first kappa shape index (κ1) is 8.29. The molecule has 0 radical (unpaired) electrons. The van der Waals surface area contributed by atoms with E-state index in [1.165, 1.54) is 0 Å².